The molecule has 36 heavy (non-hydrogen) atoms. The number of aryl methyl sites for hydroxylation is 1. The molecule has 0 unspecified atom stereocenters. The van der Waals surface area contributed by atoms with Crippen LogP contribution in [0.1, 0.15) is 56.6 Å². The van der Waals surface area contributed by atoms with Gasteiger partial charge >= 0.3 is 6.03 Å². The van der Waals surface area contributed by atoms with Crippen LogP contribution in [0, 0.1) is 6.92 Å². The lowest BCUT2D eigenvalue weighted by Gasteiger charge is -2.45. The van der Waals surface area contributed by atoms with Crippen molar-refractivity contribution in [2.45, 2.75) is 70.6 Å². The molecule has 194 valence electrons. The lowest BCUT2D eigenvalue weighted by Crippen LogP contribution is -2.53. The van der Waals surface area contributed by atoms with E-state index in [4.69, 9.17) is 0 Å². The molecule has 2 aromatic rings. The number of piperidine rings is 2. The van der Waals surface area contributed by atoms with Crippen molar-refractivity contribution in [1.29, 1.82) is 0 Å². The molecular formula is C27H37FN6O2. The molecule has 1 aromatic carbocycles. The number of nitrogens with zero attached hydrogens (tertiary/aromatic N) is 5. The molecule has 2 amide bonds. The lowest BCUT2D eigenvalue weighted by molar-refractivity contribution is -0.114. The minimum atomic E-state index is -0.678. The SMILES string of the molecule is CC(=O)Nc1ccn(C(=O)N2CCC3(CCCN3Cc3ccc(C)cc3N3CCC(F)CC3)CC2)n1. The Labute approximate surface area is 212 Å². The number of benzene rings is 1. The summed E-state index contributed by atoms with van der Waals surface area (Å²) < 4.78 is 15.1. The molecule has 0 atom stereocenters. The van der Waals surface area contributed by atoms with Crippen LogP contribution in [0.3, 0.4) is 0 Å². The number of hydrogen-bond donors (Lipinski definition) is 1. The highest BCUT2D eigenvalue weighted by Gasteiger charge is 2.44. The second-order valence-corrected chi connectivity index (χ2v) is 10.6. The van der Waals surface area contributed by atoms with Gasteiger partial charge in [-0.2, -0.15) is 4.68 Å². The number of hydrogen-bond acceptors (Lipinski definition) is 5. The molecule has 0 radical (unpaired) electrons. The van der Waals surface area contributed by atoms with E-state index in [1.165, 1.54) is 34.8 Å². The molecule has 3 fully saturated rings. The van der Waals surface area contributed by atoms with Crippen LogP contribution in [0.2, 0.25) is 0 Å². The Hall–Kier alpha value is -2.94. The smallest absolute Gasteiger partial charge is 0.344 e. The molecule has 0 bridgehead atoms. The summed E-state index contributed by atoms with van der Waals surface area (Å²) in [7, 11) is 0. The van der Waals surface area contributed by atoms with E-state index in [1.807, 2.05) is 4.90 Å². The zero-order valence-corrected chi connectivity index (χ0v) is 21.4. The number of anilines is 2. The predicted octanol–water partition coefficient (Wildman–Crippen LogP) is 4.19. The van der Waals surface area contributed by atoms with E-state index in [1.54, 1.807) is 12.3 Å². The number of aromatic nitrogens is 2. The number of nitrogens with one attached hydrogen (secondary N) is 1. The van der Waals surface area contributed by atoms with Crippen molar-refractivity contribution in [1.82, 2.24) is 19.6 Å². The van der Waals surface area contributed by atoms with Crippen LogP contribution in [-0.2, 0) is 11.3 Å². The molecule has 8 nitrogen and oxygen atoms in total. The van der Waals surface area contributed by atoms with Crippen LogP contribution in [0.15, 0.2) is 30.5 Å². The molecule has 0 saturated carbocycles. The van der Waals surface area contributed by atoms with Gasteiger partial charge < -0.3 is 15.1 Å². The van der Waals surface area contributed by atoms with E-state index in [-0.39, 0.29) is 17.5 Å². The van der Waals surface area contributed by atoms with Crippen molar-refractivity contribution in [2.75, 3.05) is 42.9 Å². The Morgan fingerprint density at radius 2 is 1.83 bits per heavy atom. The summed E-state index contributed by atoms with van der Waals surface area (Å²) in [6, 6.07) is 8.18. The third kappa shape index (κ3) is 5.12. The number of carbonyl (C=O) groups excluding carboxylic acids is 2. The first kappa shape index (κ1) is 24.7. The summed E-state index contributed by atoms with van der Waals surface area (Å²) in [5.74, 6) is 0.175. The maximum atomic E-state index is 13.8. The van der Waals surface area contributed by atoms with Crippen molar-refractivity contribution >= 4 is 23.4 Å². The van der Waals surface area contributed by atoms with Crippen LogP contribution in [0.5, 0.6) is 0 Å². The van der Waals surface area contributed by atoms with Crippen LogP contribution in [0.25, 0.3) is 0 Å². The molecular weight excluding hydrogens is 459 g/mol. The maximum absolute atomic E-state index is 13.8. The van der Waals surface area contributed by atoms with E-state index in [9.17, 15) is 14.0 Å². The predicted molar refractivity (Wildman–Crippen MR) is 138 cm³/mol. The molecule has 1 spiro atoms. The Balaban J connectivity index is 1.25. The zero-order valence-electron chi connectivity index (χ0n) is 21.4. The number of halogens is 1. The van der Waals surface area contributed by atoms with Crippen molar-refractivity contribution in [3.63, 3.8) is 0 Å². The van der Waals surface area contributed by atoms with E-state index in [0.29, 0.717) is 31.7 Å². The van der Waals surface area contributed by atoms with Crippen molar-refractivity contribution in [2.24, 2.45) is 0 Å². The second-order valence-electron chi connectivity index (χ2n) is 10.6. The monoisotopic (exact) mass is 496 g/mol. The van der Waals surface area contributed by atoms with Crippen LogP contribution in [0.4, 0.5) is 20.7 Å². The zero-order chi connectivity index (χ0) is 25.3. The number of carbonyl (C=O) groups is 2. The number of rotatable bonds is 4. The van der Waals surface area contributed by atoms with Gasteiger partial charge in [0.15, 0.2) is 5.82 Å². The van der Waals surface area contributed by atoms with Gasteiger partial charge in [0.2, 0.25) is 5.91 Å². The molecule has 9 heteroatoms. The quantitative estimate of drug-likeness (QED) is 0.687. The van der Waals surface area contributed by atoms with Gasteiger partial charge in [-0.25, -0.2) is 9.18 Å². The molecule has 3 aliphatic heterocycles. The fraction of sp³-hybridized carbons (Fsp3) is 0.593. The highest BCUT2D eigenvalue weighted by Crippen LogP contribution is 2.40. The van der Waals surface area contributed by atoms with Gasteiger partial charge in [0.05, 0.1) is 0 Å². The Bertz CT molecular complexity index is 1100. The molecule has 5 rings (SSSR count). The van der Waals surface area contributed by atoms with E-state index < -0.39 is 6.17 Å². The molecule has 4 heterocycles. The Morgan fingerprint density at radius 1 is 1.08 bits per heavy atom. The number of likely N-dealkylation sites (tertiary alicyclic amines) is 2. The summed E-state index contributed by atoms with van der Waals surface area (Å²) in [6.07, 6.45) is 6.33. The largest absolute Gasteiger partial charge is 0.371 e. The lowest BCUT2D eigenvalue weighted by atomic mass is 9.84. The first-order chi connectivity index (χ1) is 17.3. The number of amides is 2. The first-order valence-electron chi connectivity index (χ1n) is 13.2. The van der Waals surface area contributed by atoms with Crippen molar-refractivity contribution in [3.8, 4) is 0 Å². The van der Waals surface area contributed by atoms with Crippen LogP contribution >= 0.6 is 0 Å². The minimum Gasteiger partial charge on any atom is -0.371 e. The summed E-state index contributed by atoms with van der Waals surface area (Å²) in [5, 5.41) is 6.82. The summed E-state index contributed by atoms with van der Waals surface area (Å²) >= 11 is 0. The fourth-order valence-electron chi connectivity index (χ4n) is 6.14. The van der Waals surface area contributed by atoms with Gasteiger partial charge in [-0.15, -0.1) is 5.10 Å². The normalized spacial score (nSPS) is 20.8. The van der Waals surface area contributed by atoms with Gasteiger partial charge in [0.25, 0.3) is 0 Å². The molecule has 1 aromatic heterocycles. The second kappa shape index (κ2) is 10.2. The maximum Gasteiger partial charge on any atom is 0.344 e. The third-order valence-corrected chi connectivity index (χ3v) is 8.16. The standard InChI is InChI=1S/C27H37FN6O2/c1-20-4-5-22(24(18-20)31-13-6-23(28)7-14-31)19-33-12-3-9-27(33)10-16-32(17-11-27)26(36)34-15-8-25(30-34)29-21(2)35/h4-5,8,15,18,23H,3,6-7,9-14,16-17,19H2,1-2H3,(H,29,30,35). The minimum absolute atomic E-state index is 0.107. The van der Waals surface area contributed by atoms with Gasteiger partial charge in [-0.3, -0.25) is 9.69 Å². The van der Waals surface area contributed by atoms with E-state index >= 15 is 0 Å². The topological polar surface area (TPSA) is 73.7 Å². The summed E-state index contributed by atoms with van der Waals surface area (Å²) in [6.45, 7) is 8.42. The highest BCUT2D eigenvalue weighted by molar-refractivity contribution is 5.88. The molecule has 3 aliphatic rings. The summed E-state index contributed by atoms with van der Waals surface area (Å²) in [4.78, 5) is 31.1. The first-order valence-corrected chi connectivity index (χ1v) is 13.2. The average molecular weight is 497 g/mol. The molecule has 1 N–H and O–H groups in total. The molecule has 3 saturated heterocycles. The van der Waals surface area contributed by atoms with Gasteiger partial charge in [-0.1, -0.05) is 12.1 Å². The Morgan fingerprint density at radius 3 is 2.56 bits per heavy atom. The van der Waals surface area contributed by atoms with Gasteiger partial charge in [0, 0.05) is 63.1 Å². The van der Waals surface area contributed by atoms with Gasteiger partial charge in [0.1, 0.15) is 6.17 Å². The third-order valence-electron chi connectivity index (χ3n) is 8.16. The highest BCUT2D eigenvalue weighted by atomic mass is 19.1. The fourth-order valence-corrected chi connectivity index (χ4v) is 6.14. The van der Waals surface area contributed by atoms with E-state index in [2.05, 4.69) is 45.3 Å². The van der Waals surface area contributed by atoms with Gasteiger partial charge in [-0.05, 0) is 69.2 Å². The molecule has 0 aliphatic carbocycles. The summed E-state index contributed by atoms with van der Waals surface area (Å²) in [5.41, 5.74) is 3.92. The van der Waals surface area contributed by atoms with E-state index in [0.717, 1.165) is 45.4 Å². The average Bonchev–Trinajstić information content (AvgIpc) is 3.48. The van der Waals surface area contributed by atoms with Crippen LogP contribution < -0.4 is 10.2 Å². The Kier molecular flexibility index (Phi) is 7.01. The van der Waals surface area contributed by atoms with Crippen LogP contribution in [-0.4, -0.2) is 76.0 Å². The number of alkyl halides is 1. The van der Waals surface area contributed by atoms with Crippen molar-refractivity contribution in [3.05, 3.63) is 41.6 Å². The van der Waals surface area contributed by atoms with Crippen molar-refractivity contribution < 1.29 is 14.0 Å².